The lowest BCUT2D eigenvalue weighted by atomic mass is 9.68. The topological polar surface area (TPSA) is 72.9 Å². The summed E-state index contributed by atoms with van der Waals surface area (Å²) in [5.74, 6) is -0.0937. The molecule has 21 heavy (non-hydrogen) atoms. The van der Waals surface area contributed by atoms with Crippen molar-refractivity contribution >= 4 is 17.8 Å². The predicted molar refractivity (Wildman–Crippen MR) is 74.3 cm³/mol. The zero-order valence-corrected chi connectivity index (χ0v) is 12.3. The predicted octanol–water partition coefficient (Wildman–Crippen LogP) is 1.81. The van der Waals surface area contributed by atoms with Crippen molar-refractivity contribution in [3.63, 3.8) is 0 Å². The average Bonchev–Trinajstić information content (AvgIpc) is 2.45. The Morgan fingerprint density at radius 2 is 2.10 bits per heavy atom. The highest BCUT2D eigenvalue weighted by Crippen LogP contribution is 2.43. The molecule has 0 aromatic carbocycles. The molecule has 2 rings (SSSR count). The van der Waals surface area contributed by atoms with E-state index in [1.165, 1.54) is 18.1 Å². The summed E-state index contributed by atoms with van der Waals surface area (Å²) in [5, 5.41) is 0. The maximum atomic E-state index is 12.2. The van der Waals surface area contributed by atoms with Gasteiger partial charge in [-0.1, -0.05) is 6.58 Å². The molecule has 1 aliphatic carbocycles. The van der Waals surface area contributed by atoms with Crippen molar-refractivity contribution < 1.29 is 23.9 Å². The molecule has 2 aliphatic rings. The van der Waals surface area contributed by atoms with E-state index >= 15 is 0 Å². The monoisotopic (exact) mass is 293 g/mol. The van der Waals surface area contributed by atoms with Crippen molar-refractivity contribution in [2.75, 3.05) is 20.2 Å². The van der Waals surface area contributed by atoms with E-state index < -0.39 is 17.5 Å². The normalized spacial score (nSPS) is 24.8. The second-order valence-corrected chi connectivity index (χ2v) is 5.45. The van der Waals surface area contributed by atoms with E-state index in [0.717, 1.165) is 5.57 Å². The van der Waals surface area contributed by atoms with Gasteiger partial charge in [-0.25, -0.2) is 4.79 Å². The number of hydrogen-bond acceptors (Lipinski definition) is 5. The number of carbonyl (C=O) groups is 3. The quantitative estimate of drug-likeness (QED) is 0.573. The van der Waals surface area contributed by atoms with E-state index in [0.29, 0.717) is 25.1 Å². The SMILES string of the molecule is C=C(C)OC(=O)N1CCC2=CC(=O)CCC2(C(=O)OC)C1. The Morgan fingerprint density at radius 1 is 1.38 bits per heavy atom. The molecule has 1 saturated heterocycles. The Bertz CT molecular complexity index is 536. The van der Waals surface area contributed by atoms with Crippen LogP contribution in [-0.4, -0.2) is 42.9 Å². The number of nitrogens with zero attached hydrogens (tertiary/aromatic N) is 1. The lowest BCUT2D eigenvalue weighted by Crippen LogP contribution is -2.53. The molecule has 0 aromatic heterocycles. The molecular formula is C15H19NO5. The van der Waals surface area contributed by atoms with Crippen molar-refractivity contribution in [2.24, 2.45) is 5.41 Å². The minimum Gasteiger partial charge on any atom is -0.468 e. The number of hydrogen-bond donors (Lipinski definition) is 0. The first-order chi connectivity index (χ1) is 9.89. The molecule has 1 aliphatic heterocycles. The Morgan fingerprint density at radius 3 is 2.71 bits per heavy atom. The number of likely N-dealkylation sites (tertiary alicyclic amines) is 1. The van der Waals surface area contributed by atoms with Gasteiger partial charge in [0.05, 0.1) is 12.9 Å². The van der Waals surface area contributed by atoms with Crippen molar-refractivity contribution in [2.45, 2.75) is 26.2 Å². The highest BCUT2D eigenvalue weighted by molar-refractivity contribution is 5.95. The number of carbonyl (C=O) groups excluding carboxylic acids is 3. The zero-order chi connectivity index (χ0) is 15.6. The maximum Gasteiger partial charge on any atom is 0.414 e. The van der Waals surface area contributed by atoms with E-state index in [1.54, 1.807) is 6.92 Å². The molecule has 0 aromatic rings. The van der Waals surface area contributed by atoms with Gasteiger partial charge >= 0.3 is 12.1 Å². The number of fused-ring (bicyclic) bond motifs is 1. The second-order valence-electron chi connectivity index (χ2n) is 5.45. The molecule has 1 fully saturated rings. The van der Waals surface area contributed by atoms with Crippen LogP contribution in [0.25, 0.3) is 0 Å². The minimum absolute atomic E-state index is 0.0162. The van der Waals surface area contributed by atoms with Crippen molar-refractivity contribution in [1.82, 2.24) is 4.90 Å². The van der Waals surface area contributed by atoms with Gasteiger partial charge in [0.25, 0.3) is 0 Å². The molecule has 0 N–H and O–H groups in total. The summed E-state index contributed by atoms with van der Waals surface area (Å²) in [6.45, 7) is 5.70. The standard InChI is InChI=1S/C15H19NO5/c1-10(2)21-14(19)16-7-5-11-8-12(17)4-6-15(11,9-16)13(18)20-3/h8H,1,4-7,9H2,2-3H3. The first kappa shape index (κ1) is 15.3. The summed E-state index contributed by atoms with van der Waals surface area (Å²) >= 11 is 0. The molecule has 0 bridgehead atoms. The lowest BCUT2D eigenvalue weighted by Gasteiger charge is -2.43. The van der Waals surface area contributed by atoms with Crippen LogP contribution in [0.1, 0.15) is 26.2 Å². The number of methoxy groups -OCH3 is 1. The van der Waals surface area contributed by atoms with E-state index in [-0.39, 0.29) is 18.7 Å². The summed E-state index contributed by atoms with van der Waals surface area (Å²) in [7, 11) is 1.32. The average molecular weight is 293 g/mol. The van der Waals surface area contributed by atoms with Crippen LogP contribution in [0.15, 0.2) is 24.0 Å². The summed E-state index contributed by atoms with van der Waals surface area (Å²) in [5.41, 5.74) is -0.167. The Hall–Kier alpha value is -2.11. The van der Waals surface area contributed by atoms with E-state index in [9.17, 15) is 14.4 Å². The van der Waals surface area contributed by atoms with E-state index in [4.69, 9.17) is 9.47 Å². The highest BCUT2D eigenvalue weighted by Gasteiger charge is 2.50. The molecule has 1 amide bonds. The number of rotatable bonds is 2. The summed E-state index contributed by atoms with van der Waals surface area (Å²) in [6.07, 6.45) is 2.11. The van der Waals surface area contributed by atoms with Gasteiger partial charge in [-0.2, -0.15) is 0 Å². The molecule has 0 radical (unpaired) electrons. The smallest absolute Gasteiger partial charge is 0.414 e. The second kappa shape index (κ2) is 5.71. The van der Waals surface area contributed by atoms with Gasteiger partial charge in [-0.3, -0.25) is 9.59 Å². The fourth-order valence-electron chi connectivity index (χ4n) is 2.92. The number of allylic oxidation sites excluding steroid dienone is 2. The van der Waals surface area contributed by atoms with Gasteiger partial charge in [0.15, 0.2) is 5.78 Å². The molecule has 1 unspecified atom stereocenters. The van der Waals surface area contributed by atoms with Gasteiger partial charge in [0.2, 0.25) is 0 Å². The fourth-order valence-corrected chi connectivity index (χ4v) is 2.92. The third-order valence-corrected chi connectivity index (χ3v) is 3.96. The molecule has 1 heterocycles. The number of ketones is 1. The maximum absolute atomic E-state index is 12.2. The summed E-state index contributed by atoms with van der Waals surface area (Å²) < 4.78 is 9.91. The Labute approximate surface area is 123 Å². The largest absolute Gasteiger partial charge is 0.468 e. The van der Waals surface area contributed by atoms with Gasteiger partial charge in [0.1, 0.15) is 5.41 Å². The van der Waals surface area contributed by atoms with Crippen LogP contribution in [0.4, 0.5) is 4.79 Å². The van der Waals surface area contributed by atoms with Crippen LogP contribution >= 0.6 is 0 Å². The fraction of sp³-hybridized carbons (Fsp3) is 0.533. The third-order valence-electron chi connectivity index (χ3n) is 3.96. The lowest BCUT2D eigenvalue weighted by molar-refractivity contribution is -0.153. The van der Waals surface area contributed by atoms with Crippen molar-refractivity contribution in [3.8, 4) is 0 Å². The molecule has 6 heteroatoms. The van der Waals surface area contributed by atoms with Crippen LogP contribution in [0.2, 0.25) is 0 Å². The molecule has 0 saturated carbocycles. The molecule has 6 nitrogen and oxygen atoms in total. The molecule has 114 valence electrons. The summed E-state index contributed by atoms with van der Waals surface area (Å²) in [6, 6.07) is 0. The summed E-state index contributed by atoms with van der Waals surface area (Å²) in [4.78, 5) is 37.3. The van der Waals surface area contributed by atoms with Gasteiger partial charge in [-0.15, -0.1) is 0 Å². The highest BCUT2D eigenvalue weighted by atomic mass is 16.6. The first-order valence-electron chi connectivity index (χ1n) is 6.83. The van der Waals surface area contributed by atoms with Gasteiger partial charge in [0, 0.05) is 19.5 Å². The number of esters is 1. The third kappa shape index (κ3) is 2.84. The minimum atomic E-state index is -0.922. The Kier molecular flexibility index (Phi) is 4.16. The molecule has 1 atom stereocenters. The van der Waals surface area contributed by atoms with Gasteiger partial charge < -0.3 is 14.4 Å². The molecule has 0 spiro atoms. The van der Waals surface area contributed by atoms with Crippen LogP contribution < -0.4 is 0 Å². The number of ether oxygens (including phenoxy) is 2. The van der Waals surface area contributed by atoms with E-state index in [2.05, 4.69) is 6.58 Å². The van der Waals surface area contributed by atoms with Crippen LogP contribution in [-0.2, 0) is 19.1 Å². The zero-order valence-electron chi connectivity index (χ0n) is 12.3. The molecular weight excluding hydrogens is 274 g/mol. The van der Waals surface area contributed by atoms with Crippen LogP contribution in [0.5, 0.6) is 0 Å². The number of amides is 1. The van der Waals surface area contributed by atoms with Crippen molar-refractivity contribution in [3.05, 3.63) is 24.0 Å². The van der Waals surface area contributed by atoms with Crippen LogP contribution in [0, 0.1) is 5.41 Å². The Balaban J connectivity index is 2.28. The number of piperidine rings is 1. The van der Waals surface area contributed by atoms with Gasteiger partial charge in [-0.05, 0) is 31.4 Å². The first-order valence-corrected chi connectivity index (χ1v) is 6.83. The van der Waals surface area contributed by atoms with E-state index in [1.807, 2.05) is 0 Å². The van der Waals surface area contributed by atoms with Crippen LogP contribution in [0.3, 0.4) is 0 Å². The van der Waals surface area contributed by atoms with Crippen molar-refractivity contribution in [1.29, 1.82) is 0 Å².